The van der Waals surface area contributed by atoms with Gasteiger partial charge >= 0.3 is 6.03 Å². The summed E-state index contributed by atoms with van der Waals surface area (Å²) in [7, 11) is 1.54. The monoisotopic (exact) mass is 469 g/mol. The predicted molar refractivity (Wildman–Crippen MR) is 129 cm³/mol. The van der Waals surface area contributed by atoms with Gasteiger partial charge in [0.1, 0.15) is 5.82 Å². The second-order valence-corrected chi connectivity index (χ2v) is 9.47. The molecule has 2 aromatic carbocycles. The number of benzene rings is 2. The van der Waals surface area contributed by atoms with Crippen molar-refractivity contribution in [1.82, 2.24) is 10.2 Å². The number of fused-ring (bicyclic) bond motifs is 1. The lowest BCUT2D eigenvalue weighted by Gasteiger charge is -2.33. The molecule has 0 aliphatic carbocycles. The molecular weight excluding hydrogens is 441 g/mol. The average molecular weight is 470 g/mol. The third-order valence-electron chi connectivity index (χ3n) is 5.91. The van der Waals surface area contributed by atoms with Crippen LogP contribution in [-0.4, -0.2) is 43.6 Å². The molecule has 1 aliphatic rings. The van der Waals surface area contributed by atoms with Crippen molar-refractivity contribution in [1.29, 1.82) is 0 Å². The number of nitrogens with zero attached hydrogens (tertiary/aromatic N) is 1. The molecule has 174 valence electrons. The minimum absolute atomic E-state index is 0.101. The highest BCUT2D eigenvalue weighted by atomic mass is 32.1. The second kappa shape index (κ2) is 10.3. The minimum Gasteiger partial charge on any atom is -0.380 e. The number of amides is 3. The normalized spacial score (nSPS) is 16.1. The number of hydrogen-bond donors (Lipinski definition) is 2. The molecule has 0 bridgehead atoms. The van der Waals surface area contributed by atoms with Crippen LogP contribution in [0.15, 0.2) is 42.5 Å². The first-order valence-corrected chi connectivity index (χ1v) is 11.9. The smallest absolute Gasteiger partial charge is 0.319 e. The average Bonchev–Trinajstić information content (AvgIpc) is 3.19. The molecule has 4 rings (SSSR count). The van der Waals surface area contributed by atoms with E-state index in [2.05, 4.69) is 10.6 Å². The fourth-order valence-electron chi connectivity index (χ4n) is 4.23. The van der Waals surface area contributed by atoms with E-state index in [1.807, 2.05) is 42.2 Å². The number of hydrogen-bond acceptors (Lipinski definition) is 4. The SMILES string of the molecule is COCc1c(C(=O)N2CCCC(CNC(=O)Nc3ccc(C)cc3)C2)sc2cccc(F)c12. The Labute approximate surface area is 196 Å². The van der Waals surface area contributed by atoms with E-state index >= 15 is 0 Å². The molecule has 3 amide bonds. The summed E-state index contributed by atoms with van der Waals surface area (Å²) in [6.07, 6.45) is 1.79. The lowest BCUT2D eigenvalue weighted by atomic mass is 9.97. The molecule has 1 aliphatic heterocycles. The van der Waals surface area contributed by atoms with Crippen LogP contribution in [0.3, 0.4) is 0 Å². The Morgan fingerprint density at radius 2 is 2.00 bits per heavy atom. The third-order valence-corrected chi connectivity index (χ3v) is 7.10. The molecule has 3 aromatic rings. The second-order valence-electron chi connectivity index (χ2n) is 8.42. The molecule has 6 nitrogen and oxygen atoms in total. The summed E-state index contributed by atoms with van der Waals surface area (Å²) in [6, 6.07) is 12.2. The zero-order valence-corrected chi connectivity index (χ0v) is 19.6. The van der Waals surface area contributed by atoms with Crippen LogP contribution >= 0.6 is 11.3 Å². The van der Waals surface area contributed by atoms with E-state index < -0.39 is 0 Å². The zero-order chi connectivity index (χ0) is 23.4. The van der Waals surface area contributed by atoms with Gasteiger partial charge < -0.3 is 20.3 Å². The Morgan fingerprint density at radius 1 is 1.21 bits per heavy atom. The van der Waals surface area contributed by atoms with Gasteiger partial charge in [0.05, 0.1) is 11.5 Å². The fraction of sp³-hybridized carbons (Fsp3) is 0.360. The highest BCUT2D eigenvalue weighted by molar-refractivity contribution is 7.21. The van der Waals surface area contributed by atoms with Gasteiger partial charge in [0.2, 0.25) is 0 Å². The van der Waals surface area contributed by atoms with E-state index in [1.54, 1.807) is 13.2 Å². The number of rotatable bonds is 6. The maximum Gasteiger partial charge on any atom is 0.319 e. The number of carbonyl (C=O) groups is 2. The Morgan fingerprint density at radius 3 is 2.76 bits per heavy atom. The lowest BCUT2D eigenvalue weighted by molar-refractivity contribution is 0.0676. The van der Waals surface area contributed by atoms with Crippen LogP contribution in [0.4, 0.5) is 14.9 Å². The van der Waals surface area contributed by atoms with E-state index in [0.717, 1.165) is 28.8 Å². The summed E-state index contributed by atoms with van der Waals surface area (Å²) in [4.78, 5) is 28.0. The molecule has 1 saturated heterocycles. The molecule has 0 radical (unpaired) electrons. The van der Waals surface area contributed by atoms with Crippen molar-refractivity contribution < 1.29 is 18.7 Å². The number of ether oxygens (including phenoxy) is 1. The van der Waals surface area contributed by atoms with Crippen LogP contribution in [0.1, 0.15) is 33.6 Å². The molecule has 1 atom stereocenters. The minimum atomic E-state index is -0.338. The van der Waals surface area contributed by atoms with E-state index in [9.17, 15) is 14.0 Å². The molecule has 33 heavy (non-hydrogen) atoms. The van der Waals surface area contributed by atoms with Crippen molar-refractivity contribution in [2.75, 3.05) is 32.1 Å². The number of anilines is 1. The van der Waals surface area contributed by atoms with Crippen LogP contribution < -0.4 is 10.6 Å². The van der Waals surface area contributed by atoms with Gasteiger partial charge in [0, 0.05) is 48.1 Å². The van der Waals surface area contributed by atoms with Gasteiger partial charge in [0.25, 0.3) is 5.91 Å². The number of likely N-dealkylation sites (tertiary alicyclic amines) is 1. The summed E-state index contributed by atoms with van der Waals surface area (Å²) in [5.41, 5.74) is 2.47. The Balaban J connectivity index is 1.40. The molecule has 0 spiro atoms. The van der Waals surface area contributed by atoms with Gasteiger partial charge in [-0.15, -0.1) is 11.3 Å². The van der Waals surface area contributed by atoms with E-state index in [1.165, 1.54) is 17.4 Å². The molecular formula is C25H28FN3O3S. The predicted octanol–water partition coefficient (Wildman–Crippen LogP) is 5.17. The molecule has 8 heteroatoms. The van der Waals surface area contributed by atoms with Crippen LogP contribution in [0.5, 0.6) is 0 Å². The Bertz CT molecular complexity index is 1150. The highest BCUT2D eigenvalue weighted by Crippen LogP contribution is 2.35. The maximum atomic E-state index is 14.5. The first-order chi connectivity index (χ1) is 16.0. The number of aryl methyl sites for hydroxylation is 1. The summed E-state index contributed by atoms with van der Waals surface area (Å²) < 4.78 is 20.5. The topological polar surface area (TPSA) is 70.7 Å². The van der Waals surface area contributed by atoms with Gasteiger partial charge in [-0.25, -0.2) is 9.18 Å². The van der Waals surface area contributed by atoms with Crippen molar-refractivity contribution in [2.45, 2.75) is 26.4 Å². The van der Waals surface area contributed by atoms with E-state index in [-0.39, 0.29) is 30.3 Å². The molecule has 2 N–H and O–H groups in total. The van der Waals surface area contributed by atoms with Crippen LogP contribution in [0.25, 0.3) is 10.1 Å². The van der Waals surface area contributed by atoms with Crippen molar-refractivity contribution in [3.63, 3.8) is 0 Å². The lowest BCUT2D eigenvalue weighted by Crippen LogP contribution is -2.44. The van der Waals surface area contributed by atoms with Crippen molar-refractivity contribution in [3.05, 3.63) is 64.3 Å². The number of nitrogens with one attached hydrogen (secondary N) is 2. The maximum absolute atomic E-state index is 14.5. The summed E-state index contributed by atoms with van der Waals surface area (Å²) in [5, 5.41) is 6.22. The van der Waals surface area contributed by atoms with Gasteiger partial charge in [0.15, 0.2) is 0 Å². The molecule has 1 unspecified atom stereocenters. The summed E-state index contributed by atoms with van der Waals surface area (Å²) in [6.45, 7) is 3.85. The van der Waals surface area contributed by atoms with E-state index in [0.29, 0.717) is 35.5 Å². The number of urea groups is 1. The van der Waals surface area contributed by atoms with Gasteiger partial charge in [-0.05, 0) is 49.9 Å². The molecule has 2 heterocycles. The summed E-state index contributed by atoms with van der Waals surface area (Å²) in [5.74, 6) is -0.282. The quantitative estimate of drug-likeness (QED) is 0.523. The van der Waals surface area contributed by atoms with Gasteiger partial charge in [-0.1, -0.05) is 23.8 Å². The van der Waals surface area contributed by atoms with Crippen LogP contribution in [0, 0.1) is 18.7 Å². The van der Waals surface area contributed by atoms with Crippen molar-refractivity contribution in [2.24, 2.45) is 5.92 Å². The molecule has 1 aromatic heterocycles. The molecule has 0 saturated carbocycles. The Kier molecular flexibility index (Phi) is 7.25. The van der Waals surface area contributed by atoms with Crippen LogP contribution in [-0.2, 0) is 11.3 Å². The number of methoxy groups -OCH3 is 1. The zero-order valence-electron chi connectivity index (χ0n) is 18.8. The first kappa shape index (κ1) is 23.2. The number of thiophene rings is 1. The number of piperidine rings is 1. The van der Waals surface area contributed by atoms with Crippen molar-refractivity contribution >= 4 is 39.0 Å². The van der Waals surface area contributed by atoms with Gasteiger partial charge in [-0.3, -0.25) is 4.79 Å². The Hall–Kier alpha value is -2.97. The number of halogens is 1. The standard InChI is InChI=1S/C25H28FN3O3S/c1-16-8-10-18(11-9-16)28-25(31)27-13-17-5-4-12-29(14-17)24(30)23-19(15-32-2)22-20(26)6-3-7-21(22)33-23/h3,6-11,17H,4-5,12-15H2,1-2H3,(H2,27,28,31). The van der Waals surface area contributed by atoms with Crippen molar-refractivity contribution in [3.8, 4) is 0 Å². The van der Waals surface area contributed by atoms with E-state index in [4.69, 9.17) is 4.74 Å². The van der Waals surface area contributed by atoms with Crippen LogP contribution in [0.2, 0.25) is 0 Å². The largest absolute Gasteiger partial charge is 0.380 e. The molecule has 1 fully saturated rings. The first-order valence-electron chi connectivity index (χ1n) is 11.1. The van der Waals surface area contributed by atoms with Gasteiger partial charge in [-0.2, -0.15) is 0 Å². The highest BCUT2D eigenvalue weighted by Gasteiger charge is 2.29. The fourth-order valence-corrected chi connectivity index (χ4v) is 5.42. The summed E-state index contributed by atoms with van der Waals surface area (Å²) >= 11 is 1.31. The number of carbonyl (C=O) groups excluding carboxylic acids is 2. The third kappa shape index (κ3) is 5.34.